The second-order valence-electron chi connectivity index (χ2n) is 15.1. The fraction of sp³-hybridized carbons (Fsp3) is 0.310. The van der Waals surface area contributed by atoms with Crippen molar-refractivity contribution in [2.75, 3.05) is 12.5 Å². The molecule has 0 saturated carbocycles. The summed E-state index contributed by atoms with van der Waals surface area (Å²) in [5, 5.41) is 0. The van der Waals surface area contributed by atoms with E-state index in [1.54, 1.807) is 6.33 Å². The zero-order chi connectivity index (χ0) is 46.4. The molecule has 63 heavy (non-hydrogen) atoms. The smallest absolute Gasteiger partial charge is 0.425 e. The highest BCUT2D eigenvalue weighted by atomic mass is 127. The van der Waals surface area contributed by atoms with E-state index >= 15 is 0 Å². The highest BCUT2D eigenvalue weighted by Crippen LogP contribution is 2.35. The van der Waals surface area contributed by atoms with Gasteiger partial charge in [0.1, 0.15) is 11.5 Å². The summed E-state index contributed by atoms with van der Waals surface area (Å²) in [6, 6.07) is 18.0. The number of hydrogen-bond donors (Lipinski definition) is 0. The monoisotopic (exact) mass is 1030 g/mol. The number of imidazole rings is 1. The van der Waals surface area contributed by atoms with Crippen LogP contribution < -0.4 is 9.47 Å². The topological polar surface area (TPSA) is 145 Å². The van der Waals surface area contributed by atoms with Gasteiger partial charge in [-0.1, -0.05) is 12.1 Å². The second kappa shape index (κ2) is 17.8. The van der Waals surface area contributed by atoms with Crippen molar-refractivity contribution in [3.8, 4) is 17.2 Å². The molecular weight excluding hydrogens is 994 g/mol. The minimum absolute atomic E-state index is 0.167. The maximum absolute atomic E-state index is 13.4. The number of halogens is 7. The van der Waals surface area contributed by atoms with Crippen LogP contribution in [0.25, 0.3) is 5.69 Å². The Morgan fingerprint density at radius 2 is 1.08 bits per heavy atom. The lowest BCUT2D eigenvalue weighted by atomic mass is 10.1. The van der Waals surface area contributed by atoms with Gasteiger partial charge in [0.2, 0.25) is 0 Å². The van der Waals surface area contributed by atoms with E-state index in [0.29, 0.717) is 0 Å². The molecule has 336 valence electrons. The van der Waals surface area contributed by atoms with Gasteiger partial charge in [0.25, 0.3) is 11.8 Å². The molecule has 3 heterocycles. The Kier molecular flexibility index (Phi) is 13.4. The number of hydrogen-bond acceptors (Lipinski definition) is 9. The van der Waals surface area contributed by atoms with Gasteiger partial charge in [-0.3, -0.25) is 9.59 Å². The Morgan fingerprint density at radius 1 is 0.651 bits per heavy atom. The number of rotatable bonds is 9. The minimum atomic E-state index is -4.65. The first-order valence-electron chi connectivity index (χ1n) is 18.8. The molecule has 0 N–H and O–H groups in total. The maximum atomic E-state index is 13.4. The van der Waals surface area contributed by atoms with Crippen LogP contribution in [0.1, 0.15) is 62.5 Å². The Hall–Kier alpha value is -5.16. The van der Waals surface area contributed by atoms with E-state index in [9.17, 15) is 52.8 Å². The number of aryl methyl sites for hydroxylation is 1. The van der Waals surface area contributed by atoms with Gasteiger partial charge in [-0.05, 0) is 126 Å². The van der Waals surface area contributed by atoms with Crippen molar-refractivity contribution in [1.82, 2.24) is 19.4 Å². The minimum Gasteiger partial charge on any atom is -0.480 e. The van der Waals surface area contributed by atoms with Crippen molar-refractivity contribution >= 4 is 54.1 Å². The average Bonchev–Trinajstić information content (AvgIpc) is 3.94. The van der Waals surface area contributed by atoms with Crippen LogP contribution in [-0.2, 0) is 45.9 Å². The number of amides is 2. The number of aromatic nitrogens is 2. The molecule has 0 spiro atoms. The summed E-state index contributed by atoms with van der Waals surface area (Å²) in [5.74, 6) is -1.84. The average molecular weight is 1030 g/mol. The van der Waals surface area contributed by atoms with Gasteiger partial charge in [-0.15, -0.1) is 0 Å². The third-order valence-electron chi connectivity index (χ3n) is 10.1. The van der Waals surface area contributed by atoms with Crippen LogP contribution in [0.15, 0.2) is 95.1 Å². The Labute approximate surface area is 372 Å². The number of carbonyl (C=O) groups excluding carboxylic acids is 2. The fourth-order valence-corrected chi connectivity index (χ4v) is 8.48. The molecule has 2 amide bonds. The summed E-state index contributed by atoms with van der Waals surface area (Å²) in [6.07, 6.45) is -8.16. The second-order valence-corrected chi connectivity index (χ2v) is 20.4. The summed E-state index contributed by atoms with van der Waals surface area (Å²) >= 11 is 2.15. The van der Waals surface area contributed by atoms with Crippen molar-refractivity contribution in [2.45, 2.75) is 81.3 Å². The first-order chi connectivity index (χ1) is 29.2. The summed E-state index contributed by atoms with van der Waals surface area (Å²) in [6.45, 7) is 4.52. The lowest BCUT2D eigenvalue weighted by molar-refractivity contribution is -0.189. The van der Waals surface area contributed by atoms with E-state index in [1.165, 1.54) is 9.80 Å². The van der Waals surface area contributed by atoms with Gasteiger partial charge in [-0.2, -0.15) is 26.3 Å². The van der Waals surface area contributed by atoms with E-state index in [1.807, 2.05) is 54.1 Å². The van der Waals surface area contributed by atoms with Crippen molar-refractivity contribution in [3.63, 3.8) is 0 Å². The molecule has 1 aromatic heterocycles. The van der Waals surface area contributed by atoms with Gasteiger partial charge in [0.15, 0.2) is 31.9 Å². The fourth-order valence-electron chi connectivity index (χ4n) is 6.63. The molecule has 2 atom stereocenters. The number of sulfone groups is 2. The van der Waals surface area contributed by atoms with E-state index in [0.717, 1.165) is 100.0 Å². The summed E-state index contributed by atoms with van der Waals surface area (Å²) in [7, 11) is -7.37. The van der Waals surface area contributed by atoms with Crippen LogP contribution in [0.3, 0.4) is 0 Å². The predicted octanol–water partition coefficient (Wildman–Crippen LogP) is 8.25. The van der Waals surface area contributed by atoms with E-state index in [-0.39, 0.29) is 58.6 Å². The highest BCUT2D eigenvalue weighted by molar-refractivity contribution is 14.1. The van der Waals surface area contributed by atoms with Crippen molar-refractivity contribution in [1.29, 1.82) is 0 Å². The first-order valence-corrected chi connectivity index (χ1v) is 23.7. The van der Waals surface area contributed by atoms with Gasteiger partial charge in [-0.25, -0.2) is 21.8 Å². The summed E-state index contributed by atoms with van der Waals surface area (Å²) < 4.78 is 139. The Balaban J connectivity index is 0.000000213. The standard InChI is InChI=1S/C23H22F3N3O4S.C19H17F3INO4S/c1-14-10-29(13-27-14)18-5-4-16-11-28(12-17(16)8-18)22(30)20-9-19(34(3,31)32)6-7-21(20)33-15(2)23(24,25)26;1-11(19(20,21)22)28-17-6-5-15(29(2,26)27)8-16(17)18(25)24-9-12-3-4-14(23)7-13(12)10-24/h4-10,13,15H,11-12H2,1-3H3;3-8,11H,9-10H2,1-2H3/t15-;11-/m00/s1. The van der Waals surface area contributed by atoms with E-state index < -0.39 is 56.0 Å². The molecule has 5 aromatic rings. The van der Waals surface area contributed by atoms with E-state index in [4.69, 9.17) is 9.47 Å². The molecule has 21 heteroatoms. The molecule has 0 bridgehead atoms. The number of nitrogens with zero attached hydrogens (tertiary/aromatic N) is 4. The third-order valence-corrected chi connectivity index (χ3v) is 13.0. The molecule has 7 rings (SSSR count). The number of ether oxygens (including phenoxy) is 2. The molecule has 12 nitrogen and oxygen atoms in total. The third kappa shape index (κ3) is 11.1. The predicted molar refractivity (Wildman–Crippen MR) is 226 cm³/mol. The molecule has 0 fully saturated rings. The van der Waals surface area contributed by atoms with Crippen LogP contribution in [-0.4, -0.2) is 85.1 Å². The molecular formula is C42H39F6IN4O8S2. The largest absolute Gasteiger partial charge is 0.480 e. The summed E-state index contributed by atoms with van der Waals surface area (Å²) in [4.78, 5) is 33.2. The van der Waals surface area contributed by atoms with Gasteiger partial charge >= 0.3 is 12.4 Å². The highest BCUT2D eigenvalue weighted by Gasteiger charge is 2.40. The van der Waals surface area contributed by atoms with Gasteiger partial charge in [0.05, 0.1) is 32.9 Å². The Morgan fingerprint density at radius 3 is 1.49 bits per heavy atom. The number of alkyl halides is 6. The molecule has 0 unspecified atom stereocenters. The first kappa shape index (κ1) is 47.3. The van der Waals surface area contributed by atoms with Crippen molar-refractivity contribution < 1.29 is 62.2 Å². The molecule has 0 saturated heterocycles. The molecule has 0 aliphatic carbocycles. The molecule has 2 aliphatic heterocycles. The van der Waals surface area contributed by atoms with Crippen LogP contribution in [0.4, 0.5) is 26.3 Å². The lowest BCUT2D eigenvalue weighted by Crippen LogP contribution is -2.32. The molecule has 4 aromatic carbocycles. The van der Waals surface area contributed by atoms with E-state index in [2.05, 4.69) is 27.6 Å². The van der Waals surface area contributed by atoms with Crippen LogP contribution in [0, 0.1) is 10.5 Å². The number of benzene rings is 4. The number of fused-ring (bicyclic) bond motifs is 2. The lowest BCUT2D eigenvalue weighted by Gasteiger charge is -2.22. The SMILES string of the molecule is C[C@H](Oc1ccc(S(C)(=O)=O)cc1C(=O)N1Cc2ccc(I)cc2C1)C(F)(F)F.Cc1cn(-c2ccc3c(c2)CN(C(=O)c2cc(S(C)(=O)=O)ccc2O[C@@H](C)C(F)(F)F)C3)cn1. The molecule has 0 radical (unpaired) electrons. The van der Waals surface area contributed by atoms with Gasteiger partial charge < -0.3 is 23.8 Å². The van der Waals surface area contributed by atoms with Crippen LogP contribution in [0.2, 0.25) is 0 Å². The zero-order valence-electron chi connectivity index (χ0n) is 34.1. The summed E-state index contributed by atoms with van der Waals surface area (Å²) in [5.41, 5.74) is 4.89. The number of carbonyl (C=O) groups is 2. The van der Waals surface area contributed by atoms with Crippen LogP contribution >= 0.6 is 22.6 Å². The maximum Gasteiger partial charge on any atom is 0.425 e. The van der Waals surface area contributed by atoms with Gasteiger partial charge in [0, 0.05) is 54.1 Å². The van der Waals surface area contributed by atoms with Crippen molar-refractivity contribution in [3.05, 3.63) is 128 Å². The zero-order valence-corrected chi connectivity index (χ0v) is 37.9. The van der Waals surface area contributed by atoms with Crippen LogP contribution in [0.5, 0.6) is 11.5 Å². The van der Waals surface area contributed by atoms with Crippen molar-refractivity contribution in [2.24, 2.45) is 0 Å². The Bertz CT molecular complexity index is 2810. The quantitative estimate of drug-likeness (QED) is 0.105. The normalized spacial score (nSPS) is 14.9. The molecule has 2 aliphatic rings.